The SMILES string of the molecule is CC1OCCC1NCc1ccc(Br)c(Cl)c1. The fourth-order valence-electron chi connectivity index (χ4n) is 1.90. The van der Waals surface area contributed by atoms with E-state index in [1.54, 1.807) is 0 Å². The molecule has 1 aromatic rings. The Balaban J connectivity index is 1.91. The standard InChI is InChI=1S/C12H15BrClNO/c1-8-12(4-5-16-8)15-7-9-2-3-10(13)11(14)6-9/h2-3,6,8,12,15H,4-5,7H2,1H3. The Morgan fingerprint density at radius 1 is 1.56 bits per heavy atom. The summed E-state index contributed by atoms with van der Waals surface area (Å²) in [5.41, 5.74) is 1.20. The molecule has 2 atom stereocenters. The zero-order chi connectivity index (χ0) is 11.5. The summed E-state index contributed by atoms with van der Waals surface area (Å²) in [6.07, 6.45) is 1.40. The van der Waals surface area contributed by atoms with Crippen LogP contribution in [0, 0.1) is 0 Å². The van der Waals surface area contributed by atoms with E-state index in [2.05, 4.69) is 34.2 Å². The smallest absolute Gasteiger partial charge is 0.0700 e. The Labute approximate surface area is 109 Å². The summed E-state index contributed by atoms with van der Waals surface area (Å²) in [6.45, 7) is 3.81. The molecule has 1 heterocycles. The Morgan fingerprint density at radius 2 is 2.38 bits per heavy atom. The van der Waals surface area contributed by atoms with E-state index in [9.17, 15) is 0 Å². The maximum atomic E-state index is 6.04. The van der Waals surface area contributed by atoms with Gasteiger partial charge in [0, 0.05) is 23.7 Å². The highest BCUT2D eigenvalue weighted by molar-refractivity contribution is 9.10. The van der Waals surface area contributed by atoms with Gasteiger partial charge in [-0.2, -0.15) is 0 Å². The highest BCUT2D eigenvalue weighted by Crippen LogP contribution is 2.23. The number of ether oxygens (including phenoxy) is 1. The lowest BCUT2D eigenvalue weighted by atomic mass is 10.1. The van der Waals surface area contributed by atoms with Gasteiger partial charge in [0.1, 0.15) is 0 Å². The lowest BCUT2D eigenvalue weighted by molar-refractivity contribution is 0.113. The van der Waals surface area contributed by atoms with Gasteiger partial charge in [-0.05, 0) is 47.0 Å². The van der Waals surface area contributed by atoms with Crippen molar-refractivity contribution in [3.05, 3.63) is 33.3 Å². The van der Waals surface area contributed by atoms with Crippen LogP contribution in [0.1, 0.15) is 18.9 Å². The lowest BCUT2D eigenvalue weighted by Gasteiger charge is -2.16. The number of hydrogen-bond acceptors (Lipinski definition) is 2. The normalized spacial score (nSPS) is 24.9. The molecular weight excluding hydrogens is 289 g/mol. The van der Waals surface area contributed by atoms with Gasteiger partial charge in [-0.1, -0.05) is 17.7 Å². The van der Waals surface area contributed by atoms with Gasteiger partial charge in [0.25, 0.3) is 0 Å². The average Bonchev–Trinajstić information content (AvgIpc) is 2.66. The molecule has 1 aliphatic rings. The molecule has 1 aromatic carbocycles. The van der Waals surface area contributed by atoms with Crippen LogP contribution >= 0.6 is 27.5 Å². The highest BCUT2D eigenvalue weighted by Gasteiger charge is 2.23. The quantitative estimate of drug-likeness (QED) is 0.924. The summed E-state index contributed by atoms with van der Waals surface area (Å²) in [6, 6.07) is 6.50. The number of rotatable bonds is 3. The Kier molecular flexibility index (Phi) is 4.25. The molecule has 0 saturated carbocycles. The van der Waals surface area contributed by atoms with E-state index in [0.29, 0.717) is 12.1 Å². The molecule has 1 fully saturated rings. The molecule has 2 nitrogen and oxygen atoms in total. The molecule has 0 spiro atoms. The monoisotopic (exact) mass is 303 g/mol. The summed E-state index contributed by atoms with van der Waals surface area (Å²) in [5.74, 6) is 0. The Hall–Kier alpha value is -0.0900. The molecule has 0 radical (unpaired) electrons. The van der Waals surface area contributed by atoms with E-state index in [4.69, 9.17) is 16.3 Å². The fourth-order valence-corrected chi connectivity index (χ4v) is 2.35. The molecule has 1 saturated heterocycles. The molecule has 0 aliphatic carbocycles. The third-order valence-electron chi connectivity index (χ3n) is 2.93. The van der Waals surface area contributed by atoms with Crippen LogP contribution in [0.15, 0.2) is 22.7 Å². The molecule has 88 valence electrons. The number of hydrogen-bond donors (Lipinski definition) is 1. The van der Waals surface area contributed by atoms with Crippen molar-refractivity contribution in [2.24, 2.45) is 0 Å². The van der Waals surface area contributed by atoms with Crippen LogP contribution in [-0.4, -0.2) is 18.8 Å². The van der Waals surface area contributed by atoms with Crippen molar-refractivity contribution < 1.29 is 4.74 Å². The first-order chi connectivity index (χ1) is 7.66. The third-order valence-corrected chi connectivity index (χ3v) is 4.16. The van der Waals surface area contributed by atoms with Crippen LogP contribution in [0.3, 0.4) is 0 Å². The highest BCUT2D eigenvalue weighted by atomic mass is 79.9. The van der Waals surface area contributed by atoms with E-state index < -0.39 is 0 Å². The van der Waals surface area contributed by atoms with Gasteiger partial charge >= 0.3 is 0 Å². The van der Waals surface area contributed by atoms with Crippen molar-refractivity contribution in [3.63, 3.8) is 0 Å². The summed E-state index contributed by atoms with van der Waals surface area (Å²) in [5, 5.41) is 4.25. The minimum Gasteiger partial charge on any atom is -0.377 e. The first-order valence-corrected chi connectivity index (χ1v) is 6.63. The molecule has 1 aliphatic heterocycles. The van der Waals surface area contributed by atoms with E-state index in [1.165, 1.54) is 5.56 Å². The van der Waals surface area contributed by atoms with Crippen LogP contribution in [-0.2, 0) is 11.3 Å². The summed E-state index contributed by atoms with van der Waals surface area (Å²) in [7, 11) is 0. The van der Waals surface area contributed by atoms with Gasteiger partial charge in [-0.25, -0.2) is 0 Å². The predicted molar refractivity (Wildman–Crippen MR) is 69.8 cm³/mol. The van der Waals surface area contributed by atoms with Crippen molar-refractivity contribution in [2.45, 2.75) is 32.0 Å². The topological polar surface area (TPSA) is 21.3 Å². The second-order valence-electron chi connectivity index (χ2n) is 4.10. The second-order valence-corrected chi connectivity index (χ2v) is 5.36. The van der Waals surface area contributed by atoms with Crippen molar-refractivity contribution in [3.8, 4) is 0 Å². The number of halogens is 2. The van der Waals surface area contributed by atoms with Crippen molar-refractivity contribution >= 4 is 27.5 Å². The fraction of sp³-hybridized carbons (Fsp3) is 0.500. The summed E-state index contributed by atoms with van der Waals surface area (Å²) in [4.78, 5) is 0. The van der Waals surface area contributed by atoms with E-state index in [-0.39, 0.29) is 0 Å². The van der Waals surface area contributed by atoms with E-state index in [1.807, 2.05) is 12.1 Å². The van der Waals surface area contributed by atoms with Gasteiger partial charge in [0.2, 0.25) is 0 Å². The first kappa shape index (κ1) is 12.4. The van der Waals surface area contributed by atoms with Crippen LogP contribution in [0.5, 0.6) is 0 Å². The minimum absolute atomic E-state index is 0.311. The van der Waals surface area contributed by atoms with Crippen LogP contribution in [0.4, 0.5) is 0 Å². The van der Waals surface area contributed by atoms with Gasteiger partial charge < -0.3 is 10.1 Å². The Morgan fingerprint density at radius 3 is 3.00 bits per heavy atom. The zero-order valence-corrected chi connectivity index (χ0v) is 11.5. The lowest BCUT2D eigenvalue weighted by Crippen LogP contribution is -2.34. The minimum atomic E-state index is 0.311. The molecule has 4 heteroatoms. The number of benzene rings is 1. The van der Waals surface area contributed by atoms with Crippen molar-refractivity contribution in [2.75, 3.05) is 6.61 Å². The largest absolute Gasteiger partial charge is 0.377 e. The molecule has 0 bridgehead atoms. The number of nitrogens with one attached hydrogen (secondary N) is 1. The molecule has 2 unspecified atom stereocenters. The van der Waals surface area contributed by atoms with Crippen LogP contribution in [0.25, 0.3) is 0 Å². The average molecular weight is 305 g/mol. The zero-order valence-electron chi connectivity index (χ0n) is 9.17. The van der Waals surface area contributed by atoms with E-state index in [0.717, 1.165) is 29.1 Å². The molecule has 2 rings (SSSR count). The van der Waals surface area contributed by atoms with Gasteiger partial charge in [-0.15, -0.1) is 0 Å². The van der Waals surface area contributed by atoms with Crippen LogP contribution < -0.4 is 5.32 Å². The third kappa shape index (κ3) is 2.98. The molecule has 0 amide bonds. The molecule has 16 heavy (non-hydrogen) atoms. The summed E-state index contributed by atoms with van der Waals surface area (Å²) < 4.78 is 6.44. The van der Waals surface area contributed by atoms with Gasteiger partial charge in [0.15, 0.2) is 0 Å². The van der Waals surface area contributed by atoms with Crippen molar-refractivity contribution in [1.29, 1.82) is 0 Å². The Bertz CT molecular complexity index is 372. The van der Waals surface area contributed by atoms with Crippen molar-refractivity contribution in [1.82, 2.24) is 5.32 Å². The molecule has 0 aromatic heterocycles. The van der Waals surface area contributed by atoms with Gasteiger partial charge in [0.05, 0.1) is 11.1 Å². The predicted octanol–water partition coefficient (Wildman–Crippen LogP) is 3.37. The molecule has 1 N–H and O–H groups in total. The second kappa shape index (κ2) is 5.50. The molecular formula is C12H15BrClNO. The first-order valence-electron chi connectivity index (χ1n) is 5.46. The van der Waals surface area contributed by atoms with Gasteiger partial charge in [-0.3, -0.25) is 0 Å². The van der Waals surface area contributed by atoms with E-state index >= 15 is 0 Å². The van der Waals surface area contributed by atoms with Crippen LogP contribution in [0.2, 0.25) is 5.02 Å². The summed E-state index contributed by atoms with van der Waals surface area (Å²) >= 11 is 9.42. The maximum absolute atomic E-state index is 6.04. The maximum Gasteiger partial charge on any atom is 0.0700 e.